The van der Waals surface area contributed by atoms with Gasteiger partial charge in [-0.3, -0.25) is 0 Å². The zero-order chi connectivity index (χ0) is 26.6. The van der Waals surface area contributed by atoms with Crippen molar-refractivity contribution in [2.45, 2.75) is 61.2 Å². The molecule has 0 fully saturated rings. The fraction of sp³-hybridized carbons (Fsp3) is 1.00. The van der Waals surface area contributed by atoms with E-state index in [1.54, 1.807) is 0 Å². The van der Waals surface area contributed by atoms with E-state index in [2.05, 4.69) is 4.18 Å². The van der Waals surface area contributed by atoms with Crippen LogP contribution >= 0.6 is 0 Å². The Morgan fingerprint density at radius 3 is 1.12 bits per heavy atom. The third kappa shape index (κ3) is 5.30. The Morgan fingerprint density at radius 1 is 0.576 bits per heavy atom. The molecule has 22 heteroatoms. The van der Waals surface area contributed by atoms with Gasteiger partial charge in [0.25, 0.3) is 10.1 Å². The summed E-state index contributed by atoms with van der Waals surface area (Å²) in [6.07, 6.45) is -16.0. The van der Waals surface area contributed by atoms with E-state index in [-0.39, 0.29) is 31.0 Å². The summed E-state index contributed by atoms with van der Waals surface area (Å²) in [7, 11) is -6.00. The summed E-state index contributed by atoms with van der Waals surface area (Å²) in [4.78, 5) is 0. The summed E-state index contributed by atoms with van der Waals surface area (Å²) < 4.78 is 244. The topological polar surface area (TPSA) is 43.4 Å². The minimum Gasteiger partial charge on any atom is -1.00 e. The Labute approximate surface area is 195 Å². The molecular weight excluding hydrogens is 558 g/mol. The zero-order valence-electron chi connectivity index (χ0n) is 16.5. The molecule has 0 radical (unpaired) electrons. The van der Waals surface area contributed by atoms with E-state index in [0.29, 0.717) is 0 Å². The predicted molar refractivity (Wildman–Crippen MR) is 67.0 cm³/mol. The molecule has 0 rings (SSSR count). The van der Waals surface area contributed by atoms with E-state index in [0.717, 1.165) is 6.92 Å². The Morgan fingerprint density at radius 2 is 0.848 bits per heavy atom. The van der Waals surface area contributed by atoms with Crippen molar-refractivity contribution in [2.75, 3.05) is 5.75 Å². The first-order valence-corrected chi connectivity index (χ1v) is 8.74. The molecule has 0 aromatic carbocycles. The van der Waals surface area contributed by atoms with E-state index < -0.39 is 70.1 Å². The van der Waals surface area contributed by atoms with Gasteiger partial charge in [-0.25, -0.2) is 0 Å². The summed E-state index contributed by atoms with van der Waals surface area (Å²) in [5.41, 5.74) is 0. The van der Waals surface area contributed by atoms with Crippen LogP contribution in [-0.4, -0.2) is 62.0 Å². The van der Waals surface area contributed by atoms with Gasteiger partial charge in [-0.15, -0.1) is 0 Å². The Kier molecular flexibility index (Phi) is 9.84. The predicted octanol–water partition coefficient (Wildman–Crippen LogP) is 2.83. The molecule has 0 N–H and O–H groups in total. The SMILES string of the molecule is CCCS(=O)(=O)OC(F)(F)C(F)(F)C(F)(F)C(F)(F)C(F)(F)C(F)(F)C(F)(F)C(F)(F)F.[H-].[Na+]. The average molecular weight is 566 g/mol. The smallest absolute Gasteiger partial charge is 1.00 e. The van der Waals surface area contributed by atoms with Gasteiger partial charge in [-0.2, -0.15) is 87.2 Å². The van der Waals surface area contributed by atoms with Gasteiger partial charge in [0.05, 0.1) is 5.75 Å². The molecule has 0 unspecified atom stereocenters. The van der Waals surface area contributed by atoms with Crippen LogP contribution in [0.25, 0.3) is 0 Å². The molecule has 0 saturated heterocycles. The van der Waals surface area contributed by atoms with Gasteiger partial charge in [0.2, 0.25) is 0 Å². The van der Waals surface area contributed by atoms with Gasteiger partial charge in [-0.05, 0) is 6.42 Å². The Bertz CT molecular complexity index is 795. The third-order valence-corrected chi connectivity index (χ3v) is 4.75. The molecule has 0 bridgehead atoms. The van der Waals surface area contributed by atoms with Crippen LogP contribution in [0.2, 0.25) is 0 Å². The largest absolute Gasteiger partial charge is 1.00 e. The minimum atomic E-state index is -8.79. The molecule has 0 atom stereocenters. The molecule has 0 aliphatic rings. The molecule has 0 aliphatic heterocycles. The fourth-order valence-electron chi connectivity index (χ4n) is 1.65. The second kappa shape index (κ2) is 9.30. The first-order chi connectivity index (χ1) is 13.5. The molecule has 0 amide bonds. The standard InChI is InChI=1S/C11H7F17O3S.Na.H/c1-2-3-32(29,30)31-11(27,28)9(22,23)7(18,19)5(14,15)4(12,13)6(16,17)8(20,21)10(24,25)26;;/h2-3H2,1H3;;/q;+1;-1. The van der Waals surface area contributed by atoms with Gasteiger partial charge in [-0.1, -0.05) is 6.92 Å². The van der Waals surface area contributed by atoms with Gasteiger partial charge < -0.3 is 1.43 Å². The van der Waals surface area contributed by atoms with Crippen molar-refractivity contribution in [3.05, 3.63) is 0 Å². The minimum absolute atomic E-state index is 0. The monoisotopic (exact) mass is 566 g/mol. The molecule has 33 heavy (non-hydrogen) atoms. The summed E-state index contributed by atoms with van der Waals surface area (Å²) in [6, 6.07) is 0. The van der Waals surface area contributed by atoms with Crippen molar-refractivity contribution in [1.29, 1.82) is 0 Å². The molecule has 0 aromatic heterocycles. The number of rotatable bonds is 10. The van der Waals surface area contributed by atoms with Crippen LogP contribution in [0.1, 0.15) is 14.8 Å². The van der Waals surface area contributed by atoms with E-state index in [9.17, 15) is 83.1 Å². The molecule has 0 aromatic rings. The maximum Gasteiger partial charge on any atom is 1.00 e. The van der Waals surface area contributed by atoms with Crippen LogP contribution < -0.4 is 29.6 Å². The van der Waals surface area contributed by atoms with Crippen LogP contribution in [0.4, 0.5) is 74.6 Å². The van der Waals surface area contributed by atoms with Crippen molar-refractivity contribution >= 4 is 10.1 Å². The molecular formula is C11H8F17NaO3S. The first-order valence-electron chi connectivity index (χ1n) is 7.16. The number of hydrogen-bond acceptors (Lipinski definition) is 3. The number of hydrogen-bond donors (Lipinski definition) is 0. The van der Waals surface area contributed by atoms with E-state index in [4.69, 9.17) is 0 Å². The second-order valence-corrected chi connectivity index (χ2v) is 7.50. The van der Waals surface area contributed by atoms with Gasteiger partial charge in [0.1, 0.15) is 0 Å². The van der Waals surface area contributed by atoms with E-state index in [1.807, 2.05) is 0 Å². The van der Waals surface area contributed by atoms with Crippen LogP contribution in [-0.2, 0) is 14.3 Å². The molecule has 3 nitrogen and oxygen atoms in total. The fourth-order valence-corrected chi connectivity index (χ4v) is 2.66. The normalized spacial score (nSPS) is 15.9. The van der Waals surface area contributed by atoms with Crippen molar-refractivity contribution in [1.82, 2.24) is 0 Å². The van der Waals surface area contributed by atoms with Crippen molar-refractivity contribution in [3.8, 4) is 0 Å². The molecule has 0 saturated carbocycles. The van der Waals surface area contributed by atoms with Crippen LogP contribution in [0.5, 0.6) is 0 Å². The van der Waals surface area contributed by atoms with Crippen LogP contribution in [0, 0.1) is 0 Å². The van der Waals surface area contributed by atoms with Crippen molar-refractivity contribution in [2.24, 2.45) is 0 Å². The maximum atomic E-state index is 13.4. The van der Waals surface area contributed by atoms with Crippen molar-refractivity contribution in [3.63, 3.8) is 0 Å². The molecule has 0 spiro atoms. The Balaban J connectivity index is -0.00000480. The number of halogens is 17. The summed E-state index contributed by atoms with van der Waals surface area (Å²) >= 11 is 0. The van der Waals surface area contributed by atoms with Gasteiger partial charge in [0, 0.05) is 0 Å². The summed E-state index contributed by atoms with van der Waals surface area (Å²) in [6.45, 7) is 0.823. The van der Waals surface area contributed by atoms with E-state index >= 15 is 0 Å². The van der Waals surface area contributed by atoms with Crippen molar-refractivity contribution < 1.29 is 118 Å². The first kappa shape index (κ1) is 34.9. The summed E-state index contributed by atoms with van der Waals surface area (Å²) in [5, 5.41) is 0. The summed E-state index contributed by atoms with van der Waals surface area (Å²) in [5.74, 6) is -53.0. The third-order valence-electron chi connectivity index (χ3n) is 3.38. The van der Waals surface area contributed by atoms with Gasteiger partial charge in [0.15, 0.2) is 0 Å². The van der Waals surface area contributed by atoms with Gasteiger partial charge >= 0.3 is 77.4 Å². The second-order valence-electron chi connectivity index (χ2n) is 5.81. The quantitative estimate of drug-likeness (QED) is 0.232. The number of alkyl halides is 17. The van der Waals surface area contributed by atoms with Crippen LogP contribution in [0.3, 0.4) is 0 Å². The molecule has 196 valence electrons. The average Bonchev–Trinajstić information content (AvgIpc) is 2.51. The molecule has 0 heterocycles. The van der Waals surface area contributed by atoms with Crippen LogP contribution in [0.15, 0.2) is 0 Å². The zero-order valence-corrected chi connectivity index (χ0v) is 18.3. The maximum absolute atomic E-state index is 13.4. The Hall–Kier alpha value is -0.280. The molecule has 0 aliphatic carbocycles. The van der Waals surface area contributed by atoms with E-state index in [1.165, 1.54) is 0 Å².